The number of nitrogens with one attached hydrogen (secondary N) is 1. The minimum absolute atomic E-state index is 0.00960. The molecule has 1 aromatic rings. The molecule has 1 rings (SSSR count). The fourth-order valence-corrected chi connectivity index (χ4v) is 1.53. The minimum Gasteiger partial charge on any atom is -0.383 e. The molecule has 0 aliphatic rings. The second-order valence-electron chi connectivity index (χ2n) is 4.45. The quantitative estimate of drug-likeness (QED) is 0.827. The molecule has 100 valence electrons. The first-order valence-corrected chi connectivity index (χ1v) is 5.97. The number of likely N-dealkylation sites (N-methyl/N-ethyl adjacent to an activating group) is 1. The summed E-state index contributed by atoms with van der Waals surface area (Å²) in [4.78, 5) is 21.9. The highest BCUT2D eigenvalue weighted by atomic mass is 16.2. The van der Waals surface area contributed by atoms with Gasteiger partial charge in [0.15, 0.2) is 0 Å². The van der Waals surface area contributed by atoms with Gasteiger partial charge in [0.2, 0.25) is 5.91 Å². The van der Waals surface area contributed by atoms with E-state index in [2.05, 4.69) is 15.3 Å². The molecule has 1 atom stereocenters. The molecule has 0 spiro atoms. The number of carbonyl (C=O) groups is 1. The van der Waals surface area contributed by atoms with Gasteiger partial charge in [0.25, 0.3) is 0 Å². The molecule has 0 aromatic carbocycles. The Morgan fingerprint density at radius 1 is 1.44 bits per heavy atom. The molecule has 6 heteroatoms. The van der Waals surface area contributed by atoms with Crippen molar-refractivity contribution in [1.82, 2.24) is 14.9 Å². The van der Waals surface area contributed by atoms with Crippen LogP contribution >= 0.6 is 0 Å². The Kier molecular flexibility index (Phi) is 4.47. The maximum absolute atomic E-state index is 11.8. The van der Waals surface area contributed by atoms with E-state index in [0.717, 1.165) is 5.56 Å². The molecule has 0 saturated heterocycles. The maximum atomic E-state index is 11.8. The van der Waals surface area contributed by atoms with Crippen molar-refractivity contribution in [3.63, 3.8) is 0 Å². The summed E-state index contributed by atoms with van der Waals surface area (Å²) in [5.74, 6) is 1.74. The minimum atomic E-state index is -0.349. The zero-order valence-electron chi connectivity index (χ0n) is 11.6. The van der Waals surface area contributed by atoms with Gasteiger partial charge in [-0.05, 0) is 13.8 Å². The van der Waals surface area contributed by atoms with E-state index in [-0.39, 0.29) is 11.9 Å². The summed E-state index contributed by atoms with van der Waals surface area (Å²) in [5.41, 5.74) is 6.59. The summed E-state index contributed by atoms with van der Waals surface area (Å²) in [6.45, 7) is 5.60. The number of carbonyl (C=O) groups excluding carboxylic acids is 1. The van der Waals surface area contributed by atoms with E-state index < -0.39 is 0 Å². The molecule has 0 radical (unpaired) electrons. The van der Waals surface area contributed by atoms with Crippen molar-refractivity contribution in [1.29, 1.82) is 0 Å². The fraction of sp³-hybridized carbons (Fsp3) is 0.583. The smallest absolute Gasteiger partial charge is 0.244 e. The first kappa shape index (κ1) is 14.2. The Morgan fingerprint density at radius 3 is 2.56 bits per heavy atom. The lowest BCUT2D eigenvalue weighted by Gasteiger charge is -2.20. The third-order valence-corrected chi connectivity index (χ3v) is 2.71. The molecular formula is C12H21N5O. The van der Waals surface area contributed by atoms with Gasteiger partial charge >= 0.3 is 0 Å². The molecule has 0 fully saturated rings. The lowest BCUT2D eigenvalue weighted by atomic mass is 10.2. The van der Waals surface area contributed by atoms with Gasteiger partial charge in [0, 0.05) is 26.1 Å². The van der Waals surface area contributed by atoms with Crippen LogP contribution < -0.4 is 11.1 Å². The van der Waals surface area contributed by atoms with E-state index in [1.54, 1.807) is 21.0 Å². The molecule has 1 heterocycles. The van der Waals surface area contributed by atoms with Crippen molar-refractivity contribution >= 4 is 17.5 Å². The van der Waals surface area contributed by atoms with Crippen molar-refractivity contribution in [2.24, 2.45) is 0 Å². The van der Waals surface area contributed by atoms with Gasteiger partial charge in [-0.15, -0.1) is 0 Å². The largest absolute Gasteiger partial charge is 0.383 e. The molecule has 0 aliphatic carbocycles. The lowest BCUT2D eigenvalue weighted by molar-refractivity contribution is -0.129. The molecule has 3 N–H and O–H groups in total. The summed E-state index contributed by atoms with van der Waals surface area (Å²) in [7, 11) is 3.44. The summed E-state index contributed by atoms with van der Waals surface area (Å²) in [6.07, 6.45) is 0.704. The summed E-state index contributed by atoms with van der Waals surface area (Å²) in [5, 5.41) is 3.08. The number of aromatic nitrogens is 2. The molecule has 0 saturated carbocycles. The van der Waals surface area contributed by atoms with Gasteiger partial charge in [0.05, 0.1) is 0 Å². The Labute approximate surface area is 108 Å². The van der Waals surface area contributed by atoms with Crippen LogP contribution in [-0.4, -0.2) is 40.9 Å². The van der Waals surface area contributed by atoms with E-state index in [0.29, 0.717) is 23.9 Å². The van der Waals surface area contributed by atoms with Crippen molar-refractivity contribution in [3.05, 3.63) is 11.4 Å². The fourth-order valence-electron chi connectivity index (χ4n) is 1.53. The molecular weight excluding hydrogens is 230 g/mol. The number of nitrogen functional groups attached to an aromatic ring is 1. The van der Waals surface area contributed by atoms with Crippen LogP contribution in [0.2, 0.25) is 0 Å². The molecule has 1 aromatic heterocycles. The van der Waals surface area contributed by atoms with E-state index >= 15 is 0 Å². The first-order chi connectivity index (χ1) is 8.36. The van der Waals surface area contributed by atoms with Crippen LogP contribution in [0.1, 0.15) is 25.2 Å². The number of hydrogen-bond acceptors (Lipinski definition) is 5. The number of amides is 1. The normalized spacial score (nSPS) is 12.1. The molecule has 1 amide bonds. The van der Waals surface area contributed by atoms with Crippen molar-refractivity contribution < 1.29 is 4.79 Å². The molecule has 18 heavy (non-hydrogen) atoms. The zero-order chi connectivity index (χ0) is 13.9. The Hall–Kier alpha value is -1.85. The van der Waals surface area contributed by atoms with E-state index in [1.165, 1.54) is 4.90 Å². The van der Waals surface area contributed by atoms with E-state index in [4.69, 9.17) is 5.73 Å². The average molecular weight is 251 g/mol. The van der Waals surface area contributed by atoms with Crippen molar-refractivity contribution in [2.75, 3.05) is 25.1 Å². The third kappa shape index (κ3) is 3.09. The summed E-state index contributed by atoms with van der Waals surface area (Å²) in [6, 6.07) is -0.349. The standard InChI is InChI=1S/C12H21N5O/c1-6-9-15-10(13)7(2)11(16-9)14-8(3)12(18)17(4)5/h8H,6H2,1-5H3,(H3,13,14,15,16). The van der Waals surface area contributed by atoms with Crippen LogP contribution in [0.15, 0.2) is 0 Å². The van der Waals surface area contributed by atoms with Crippen molar-refractivity contribution in [2.45, 2.75) is 33.2 Å². The van der Waals surface area contributed by atoms with Crippen LogP contribution in [0.5, 0.6) is 0 Å². The van der Waals surface area contributed by atoms with Crippen LogP contribution in [-0.2, 0) is 11.2 Å². The van der Waals surface area contributed by atoms with Crippen LogP contribution in [0, 0.1) is 6.92 Å². The van der Waals surface area contributed by atoms with Crippen LogP contribution in [0.25, 0.3) is 0 Å². The lowest BCUT2D eigenvalue weighted by Crippen LogP contribution is -2.37. The van der Waals surface area contributed by atoms with E-state index in [9.17, 15) is 4.79 Å². The Balaban J connectivity index is 2.97. The molecule has 6 nitrogen and oxygen atoms in total. The van der Waals surface area contributed by atoms with Crippen molar-refractivity contribution in [3.8, 4) is 0 Å². The number of aryl methyl sites for hydroxylation is 1. The topological polar surface area (TPSA) is 84.1 Å². The van der Waals surface area contributed by atoms with Crippen LogP contribution in [0.4, 0.5) is 11.6 Å². The predicted octanol–water partition coefficient (Wildman–Crippen LogP) is 0.818. The van der Waals surface area contributed by atoms with Gasteiger partial charge in [0.1, 0.15) is 23.5 Å². The van der Waals surface area contributed by atoms with Gasteiger partial charge in [-0.3, -0.25) is 4.79 Å². The van der Waals surface area contributed by atoms with Gasteiger partial charge < -0.3 is 16.0 Å². The molecule has 1 unspecified atom stereocenters. The Bertz CT molecular complexity index is 444. The highest BCUT2D eigenvalue weighted by Crippen LogP contribution is 2.18. The van der Waals surface area contributed by atoms with Gasteiger partial charge in [-0.1, -0.05) is 6.92 Å². The Morgan fingerprint density at radius 2 is 2.06 bits per heavy atom. The highest BCUT2D eigenvalue weighted by molar-refractivity contribution is 5.83. The SMILES string of the molecule is CCc1nc(N)c(C)c(NC(C)C(=O)N(C)C)n1. The second-order valence-corrected chi connectivity index (χ2v) is 4.45. The third-order valence-electron chi connectivity index (χ3n) is 2.71. The number of hydrogen-bond donors (Lipinski definition) is 2. The number of anilines is 2. The van der Waals surface area contributed by atoms with Gasteiger partial charge in [-0.25, -0.2) is 9.97 Å². The zero-order valence-corrected chi connectivity index (χ0v) is 11.6. The monoisotopic (exact) mass is 251 g/mol. The summed E-state index contributed by atoms with van der Waals surface area (Å²) >= 11 is 0. The van der Waals surface area contributed by atoms with E-state index in [1.807, 2.05) is 13.8 Å². The molecule has 0 aliphatic heterocycles. The number of rotatable bonds is 4. The highest BCUT2D eigenvalue weighted by Gasteiger charge is 2.17. The second kappa shape index (κ2) is 5.66. The summed E-state index contributed by atoms with van der Waals surface area (Å²) < 4.78 is 0. The average Bonchev–Trinajstić information content (AvgIpc) is 2.33. The van der Waals surface area contributed by atoms with Crippen LogP contribution in [0.3, 0.4) is 0 Å². The first-order valence-electron chi connectivity index (χ1n) is 5.97. The van der Waals surface area contributed by atoms with Gasteiger partial charge in [-0.2, -0.15) is 0 Å². The molecule has 0 bridgehead atoms. The maximum Gasteiger partial charge on any atom is 0.244 e. The number of nitrogens with zero attached hydrogens (tertiary/aromatic N) is 3. The predicted molar refractivity (Wildman–Crippen MR) is 72.3 cm³/mol. The number of nitrogens with two attached hydrogens (primary N) is 1.